The molecule has 1 heterocycles. The van der Waals surface area contributed by atoms with Gasteiger partial charge in [0, 0.05) is 11.6 Å². The number of nitrogens with zero attached hydrogens (tertiary/aromatic N) is 1. The summed E-state index contributed by atoms with van der Waals surface area (Å²) >= 11 is 0. The molecule has 2 rings (SSSR count). The van der Waals surface area contributed by atoms with Crippen LogP contribution in [-0.4, -0.2) is 13.1 Å². The topological polar surface area (TPSA) is 12.9 Å². The third kappa shape index (κ3) is 2.50. The van der Waals surface area contributed by atoms with Crippen molar-refractivity contribution in [2.45, 2.75) is 19.6 Å². The van der Waals surface area contributed by atoms with Crippen LogP contribution in [0.1, 0.15) is 5.56 Å². The van der Waals surface area contributed by atoms with Crippen molar-refractivity contribution in [1.82, 2.24) is 4.98 Å². The van der Waals surface area contributed by atoms with Crippen molar-refractivity contribution in [2.24, 2.45) is 0 Å². The largest absolute Gasteiger partial charge is 0.255 e. The molecule has 0 radical (unpaired) electrons. The zero-order chi connectivity index (χ0) is 11.6. The molecule has 0 aliphatic rings. The molecule has 0 unspecified atom stereocenters. The highest BCUT2D eigenvalue weighted by Crippen LogP contribution is 2.14. The molecule has 0 fully saturated rings. The Morgan fingerprint density at radius 2 is 1.81 bits per heavy atom. The Hall–Kier alpha value is -1.59. The second-order valence-electron chi connectivity index (χ2n) is 4.88. The Morgan fingerprint density at radius 1 is 1.06 bits per heavy atom. The van der Waals surface area contributed by atoms with Crippen molar-refractivity contribution in [2.75, 3.05) is 0 Å². The van der Waals surface area contributed by atoms with Crippen LogP contribution in [0.3, 0.4) is 0 Å². The summed E-state index contributed by atoms with van der Waals surface area (Å²) < 4.78 is 0. The highest BCUT2D eigenvalue weighted by Gasteiger charge is 2.08. The van der Waals surface area contributed by atoms with Crippen LogP contribution in [0.2, 0.25) is 19.6 Å². The summed E-state index contributed by atoms with van der Waals surface area (Å²) in [4.78, 5) is 4.39. The van der Waals surface area contributed by atoms with E-state index in [1.807, 2.05) is 24.4 Å². The van der Waals surface area contributed by atoms with Gasteiger partial charge in [-0.2, -0.15) is 0 Å². The zero-order valence-electron chi connectivity index (χ0n) is 9.91. The van der Waals surface area contributed by atoms with Crippen LogP contribution in [0.5, 0.6) is 0 Å². The molecular formula is C14H15NSi. The Morgan fingerprint density at radius 3 is 2.56 bits per heavy atom. The molecule has 80 valence electrons. The summed E-state index contributed by atoms with van der Waals surface area (Å²) in [6.07, 6.45) is 1.82. The van der Waals surface area contributed by atoms with Crippen LogP contribution in [0.25, 0.3) is 10.9 Å². The maximum absolute atomic E-state index is 4.39. The van der Waals surface area contributed by atoms with Crippen LogP contribution < -0.4 is 0 Å². The number of para-hydroxylation sites is 1. The van der Waals surface area contributed by atoms with Crippen molar-refractivity contribution < 1.29 is 0 Å². The second kappa shape index (κ2) is 4.11. The predicted molar refractivity (Wildman–Crippen MR) is 72.0 cm³/mol. The minimum absolute atomic E-state index is 1.01. The first-order valence-electron chi connectivity index (χ1n) is 5.43. The van der Waals surface area contributed by atoms with Gasteiger partial charge in [-0.1, -0.05) is 43.8 Å². The molecular weight excluding hydrogens is 210 g/mol. The molecule has 2 aromatic rings. The van der Waals surface area contributed by atoms with Gasteiger partial charge in [0.2, 0.25) is 0 Å². The van der Waals surface area contributed by atoms with E-state index in [-0.39, 0.29) is 0 Å². The predicted octanol–water partition coefficient (Wildman–Crippen LogP) is 3.46. The first-order valence-corrected chi connectivity index (χ1v) is 8.93. The molecule has 0 aliphatic heterocycles. The highest BCUT2D eigenvalue weighted by molar-refractivity contribution is 6.83. The lowest BCUT2D eigenvalue weighted by Gasteiger charge is -2.04. The molecule has 0 saturated heterocycles. The Kier molecular flexibility index (Phi) is 2.80. The van der Waals surface area contributed by atoms with Crippen molar-refractivity contribution in [3.05, 3.63) is 42.1 Å². The number of pyridine rings is 1. The van der Waals surface area contributed by atoms with E-state index < -0.39 is 8.07 Å². The summed E-state index contributed by atoms with van der Waals surface area (Å²) in [7, 11) is -1.32. The van der Waals surface area contributed by atoms with Gasteiger partial charge in [-0.05, 0) is 12.1 Å². The molecule has 2 heteroatoms. The van der Waals surface area contributed by atoms with E-state index in [1.54, 1.807) is 0 Å². The van der Waals surface area contributed by atoms with Gasteiger partial charge < -0.3 is 0 Å². The lowest BCUT2D eigenvalue weighted by Crippen LogP contribution is -2.16. The van der Waals surface area contributed by atoms with E-state index in [1.165, 1.54) is 0 Å². The summed E-state index contributed by atoms with van der Waals surface area (Å²) in [6, 6.07) is 10.2. The van der Waals surface area contributed by atoms with Crippen LogP contribution in [0.15, 0.2) is 36.5 Å². The maximum atomic E-state index is 4.39. The van der Waals surface area contributed by atoms with E-state index in [0.29, 0.717) is 0 Å². The third-order valence-corrected chi connectivity index (χ3v) is 3.08. The first-order chi connectivity index (χ1) is 7.56. The maximum Gasteiger partial charge on any atom is 0.129 e. The first kappa shape index (κ1) is 10.9. The monoisotopic (exact) mass is 225 g/mol. The van der Waals surface area contributed by atoms with Gasteiger partial charge in [-0.25, -0.2) is 0 Å². The molecule has 0 amide bonds. The minimum Gasteiger partial charge on any atom is -0.255 e. The zero-order valence-corrected chi connectivity index (χ0v) is 10.9. The van der Waals surface area contributed by atoms with Gasteiger partial charge in [-0.15, -0.1) is 5.54 Å². The van der Waals surface area contributed by atoms with Crippen LogP contribution in [-0.2, 0) is 0 Å². The average Bonchev–Trinajstić information content (AvgIpc) is 2.25. The fraction of sp³-hybridized carbons (Fsp3) is 0.214. The van der Waals surface area contributed by atoms with Gasteiger partial charge >= 0.3 is 0 Å². The van der Waals surface area contributed by atoms with Crippen molar-refractivity contribution >= 4 is 19.0 Å². The number of hydrogen-bond acceptors (Lipinski definition) is 1. The molecule has 0 N–H and O–H groups in total. The van der Waals surface area contributed by atoms with E-state index >= 15 is 0 Å². The van der Waals surface area contributed by atoms with Gasteiger partial charge in [0.15, 0.2) is 0 Å². The normalized spacial score (nSPS) is 10.9. The van der Waals surface area contributed by atoms with Crippen molar-refractivity contribution in [1.29, 1.82) is 0 Å². The van der Waals surface area contributed by atoms with Crippen molar-refractivity contribution in [3.63, 3.8) is 0 Å². The van der Waals surface area contributed by atoms with Crippen molar-refractivity contribution in [3.8, 4) is 11.5 Å². The van der Waals surface area contributed by atoms with Crippen LogP contribution in [0.4, 0.5) is 0 Å². The summed E-state index contributed by atoms with van der Waals surface area (Å²) in [5.41, 5.74) is 5.43. The fourth-order valence-corrected chi connectivity index (χ4v) is 1.97. The van der Waals surface area contributed by atoms with Gasteiger partial charge in [-0.3, -0.25) is 4.98 Å². The SMILES string of the molecule is C[Si](C)(C)C#Cc1cccc2cccnc12. The number of fused-ring (bicyclic) bond motifs is 1. The molecule has 0 aliphatic carbocycles. The molecule has 1 aromatic heterocycles. The minimum atomic E-state index is -1.32. The van der Waals surface area contributed by atoms with Crippen LogP contribution in [0, 0.1) is 11.5 Å². The lowest BCUT2D eigenvalue weighted by molar-refractivity contribution is 1.40. The summed E-state index contributed by atoms with van der Waals surface area (Å²) in [5.74, 6) is 3.28. The van der Waals surface area contributed by atoms with E-state index in [2.05, 4.69) is 48.2 Å². The lowest BCUT2D eigenvalue weighted by atomic mass is 10.1. The Bertz CT molecular complexity index is 565. The molecule has 0 spiro atoms. The molecule has 1 nitrogen and oxygen atoms in total. The number of benzene rings is 1. The van der Waals surface area contributed by atoms with E-state index in [4.69, 9.17) is 0 Å². The Balaban J connectivity index is 2.56. The number of aromatic nitrogens is 1. The molecule has 16 heavy (non-hydrogen) atoms. The quantitative estimate of drug-likeness (QED) is 0.494. The number of rotatable bonds is 0. The standard InChI is InChI=1S/C14H15NSi/c1-16(2,3)11-9-13-7-4-6-12-8-5-10-15-14(12)13/h4-8,10H,1-3H3. The van der Waals surface area contributed by atoms with E-state index in [9.17, 15) is 0 Å². The molecule has 1 aromatic carbocycles. The summed E-state index contributed by atoms with van der Waals surface area (Å²) in [5, 5.41) is 1.16. The van der Waals surface area contributed by atoms with Gasteiger partial charge in [0.1, 0.15) is 8.07 Å². The Labute approximate surface area is 97.5 Å². The summed E-state index contributed by atoms with van der Waals surface area (Å²) in [6.45, 7) is 6.75. The fourth-order valence-electron chi connectivity index (χ4n) is 1.46. The smallest absolute Gasteiger partial charge is 0.129 e. The van der Waals surface area contributed by atoms with Crippen LogP contribution >= 0.6 is 0 Å². The second-order valence-corrected chi connectivity index (χ2v) is 9.63. The molecule has 0 saturated carbocycles. The van der Waals surface area contributed by atoms with Gasteiger partial charge in [0.05, 0.1) is 11.1 Å². The number of hydrogen-bond donors (Lipinski definition) is 0. The average molecular weight is 225 g/mol. The van der Waals surface area contributed by atoms with Gasteiger partial charge in [0.25, 0.3) is 0 Å². The molecule has 0 bridgehead atoms. The van der Waals surface area contributed by atoms with E-state index in [0.717, 1.165) is 16.5 Å². The third-order valence-electron chi connectivity index (χ3n) is 2.20. The highest BCUT2D eigenvalue weighted by atomic mass is 28.3. The molecule has 0 atom stereocenters.